The van der Waals surface area contributed by atoms with Crippen LogP contribution in [0.2, 0.25) is 0 Å². The molecule has 1 aliphatic rings. The van der Waals surface area contributed by atoms with Crippen LogP contribution in [0.3, 0.4) is 0 Å². The molecule has 0 aromatic heterocycles. The average Bonchev–Trinajstić information content (AvgIpc) is 3.27. The van der Waals surface area contributed by atoms with Gasteiger partial charge in [0.15, 0.2) is 0 Å². The summed E-state index contributed by atoms with van der Waals surface area (Å²) in [6.07, 6.45) is 2.40. The van der Waals surface area contributed by atoms with E-state index in [0.717, 1.165) is 25.3 Å². The van der Waals surface area contributed by atoms with Gasteiger partial charge in [0.25, 0.3) is 5.69 Å². The topological polar surface area (TPSA) is 95.8 Å². The molecule has 162 valence electrons. The second-order valence-corrected chi connectivity index (χ2v) is 9.64. The highest BCUT2D eigenvalue weighted by atomic mass is 32.2. The third kappa shape index (κ3) is 5.16. The molecule has 9 heteroatoms. The molecule has 0 spiro atoms. The fraction of sp³-hybridized carbons (Fsp3) is 0.429. The van der Waals surface area contributed by atoms with Crippen molar-refractivity contribution in [2.45, 2.75) is 30.2 Å². The first-order valence-corrected chi connectivity index (χ1v) is 11.5. The van der Waals surface area contributed by atoms with E-state index in [2.05, 4.69) is 22.3 Å². The molecule has 1 heterocycles. The monoisotopic (exact) mass is 432 g/mol. The van der Waals surface area contributed by atoms with Gasteiger partial charge in [0.05, 0.1) is 10.6 Å². The van der Waals surface area contributed by atoms with Crippen LogP contribution in [0.25, 0.3) is 0 Å². The van der Waals surface area contributed by atoms with E-state index in [-0.39, 0.29) is 16.6 Å². The van der Waals surface area contributed by atoms with Crippen LogP contribution >= 0.6 is 0 Å². The summed E-state index contributed by atoms with van der Waals surface area (Å²) in [7, 11) is 0.159. The first kappa shape index (κ1) is 22.2. The van der Waals surface area contributed by atoms with Crippen molar-refractivity contribution >= 4 is 21.4 Å². The lowest BCUT2D eigenvalue weighted by Gasteiger charge is -2.26. The molecular weight excluding hydrogens is 404 g/mol. The Kier molecular flexibility index (Phi) is 7.06. The van der Waals surface area contributed by atoms with Gasteiger partial charge in [0, 0.05) is 37.8 Å². The normalized spacial score (nSPS) is 16.0. The van der Waals surface area contributed by atoms with E-state index in [4.69, 9.17) is 0 Å². The molecule has 0 amide bonds. The van der Waals surface area contributed by atoms with Crippen LogP contribution in [0.15, 0.2) is 53.4 Å². The number of hydrogen-bond acceptors (Lipinski definition) is 6. The fourth-order valence-corrected chi connectivity index (χ4v) is 5.31. The number of anilines is 1. The number of sulfonamides is 1. The summed E-state index contributed by atoms with van der Waals surface area (Å²) in [6, 6.07) is 14.2. The first-order valence-electron chi connectivity index (χ1n) is 10.0. The molecule has 8 nitrogen and oxygen atoms in total. The predicted molar refractivity (Wildman–Crippen MR) is 117 cm³/mol. The Labute approximate surface area is 177 Å². The number of non-ortho nitro benzene ring substituents is 1. The standard InChI is InChI=1S/C21H28N4O4S/c1-23(2)19(14-17-8-4-3-5-9-17)16-22-20-11-10-18(25(26)27)15-21(20)30(28,29)24-12-6-7-13-24/h3-5,8-11,15,19,22H,6-7,12-14,16H2,1-2H3. The summed E-state index contributed by atoms with van der Waals surface area (Å²) < 4.78 is 27.7. The molecule has 0 radical (unpaired) electrons. The van der Waals surface area contributed by atoms with Gasteiger partial charge in [0.2, 0.25) is 10.0 Å². The summed E-state index contributed by atoms with van der Waals surface area (Å²) >= 11 is 0. The summed E-state index contributed by atoms with van der Waals surface area (Å²) in [5, 5.41) is 14.5. The quantitative estimate of drug-likeness (QED) is 0.483. The lowest BCUT2D eigenvalue weighted by atomic mass is 10.1. The Balaban J connectivity index is 1.86. The summed E-state index contributed by atoms with van der Waals surface area (Å²) in [6.45, 7) is 1.39. The Morgan fingerprint density at radius 2 is 1.80 bits per heavy atom. The number of benzene rings is 2. The number of nitro groups is 1. The van der Waals surface area contributed by atoms with Gasteiger partial charge in [-0.2, -0.15) is 4.31 Å². The summed E-state index contributed by atoms with van der Waals surface area (Å²) in [5.41, 5.74) is 1.35. The molecule has 1 unspecified atom stereocenters. The predicted octanol–water partition coefficient (Wildman–Crippen LogP) is 2.96. The lowest BCUT2D eigenvalue weighted by Crippen LogP contribution is -2.37. The van der Waals surface area contributed by atoms with Gasteiger partial charge >= 0.3 is 0 Å². The van der Waals surface area contributed by atoms with Gasteiger partial charge < -0.3 is 10.2 Å². The first-order chi connectivity index (χ1) is 14.3. The van der Waals surface area contributed by atoms with Crippen molar-refractivity contribution in [1.29, 1.82) is 0 Å². The largest absolute Gasteiger partial charge is 0.382 e. The van der Waals surface area contributed by atoms with Gasteiger partial charge in [-0.25, -0.2) is 8.42 Å². The van der Waals surface area contributed by atoms with Crippen LogP contribution in [-0.2, 0) is 16.4 Å². The van der Waals surface area contributed by atoms with Gasteiger partial charge in [0.1, 0.15) is 4.90 Å². The van der Waals surface area contributed by atoms with E-state index in [1.165, 1.54) is 22.0 Å². The molecule has 30 heavy (non-hydrogen) atoms. The summed E-state index contributed by atoms with van der Waals surface area (Å²) in [4.78, 5) is 12.7. The molecule has 0 saturated carbocycles. The highest BCUT2D eigenvalue weighted by molar-refractivity contribution is 7.89. The van der Waals surface area contributed by atoms with Gasteiger partial charge in [-0.05, 0) is 45.0 Å². The van der Waals surface area contributed by atoms with Crippen molar-refractivity contribution < 1.29 is 13.3 Å². The third-order valence-corrected chi connectivity index (χ3v) is 7.37. The number of nitrogens with one attached hydrogen (secondary N) is 1. The molecule has 1 atom stereocenters. The maximum atomic E-state index is 13.2. The van der Waals surface area contributed by atoms with Crippen molar-refractivity contribution in [1.82, 2.24) is 9.21 Å². The van der Waals surface area contributed by atoms with Crippen molar-refractivity contribution in [3.63, 3.8) is 0 Å². The van der Waals surface area contributed by atoms with Gasteiger partial charge in [-0.1, -0.05) is 30.3 Å². The van der Waals surface area contributed by atoms with E-state index >= 15 is 0 Å². The maximum absolute atomic E-state index is 13.2. The van der Waals surface area contributed by atoms with E-state index in [1.54, 1.807) is 0 Å². The zero-order valence-corrected chi connectivity index (χ0v) is 18.1. The Bertz CT molecular complexity index is 974. The van der Waals surface area contributed by atoms with Crippen molar-refractivity contribution in [3.8, 4) is 0 Å². The van der Waals surface area contributed by atoms with Crippen LogP contribution in [0.4, 0.5) is 11.4 Å². The molecule has 2 aromatic carbocycles. The number of likely N-dealkylation sites (N-methyl/N-ethyl adjacent to an activating group) is 1. The molecule has 3 rings (SSSR count). The van der Waals surface area contributed by atoms with E-state index in [0.29, 0.717) is 25.3 Å². The smallest absolute Gasteiger partial charge is 0.270 e. The van der Waals surface area contributed by atoms with Crippen LogP contribution < -0.4 is 5.32 Å². The van der Waals surface area contributed by atoms with Gasteiger partial charge in [-0.3, -0.25) is 10.1 Å². The zero-order chi connectivity index (χ0) is 21.7. The third-order valence-electron chi connectivity index (χ3n) is 5.43. The molecule has 1 fully saturated rings. The SMILES string of the molecule is CN(C)C(CNc1ccc([N+](=O)[O-])cc1S(=O)(=O)N1CCCC1)Cc1ccccc1. The highest BCUT2D eigenvalue weighted by Gasteiger charge is 2.31. The molecule has 1 aliphatic heterocycles. The number of nitro benzene ring substituents is 1. The maximum Gasteiger partial charge on any atom is 0.270 e. The molecule has 1 N–H and O–H groups in total. The number of nitrogens with zero attached hydrogens (tertiary/aromatic N) is 3. The van der Waals surface area contributed by atoms with Crippen LogP contribution in [0.1, 0.15) is 18.4 Å². The average molecular weight is 433 g/mol. The van der Waals surface area contributed by atoms with Crippen LogP contribution in [-0.4, -0.2) is 62.3 Å². The molecular formula is C21H28N4O4S. The molecule has 0 bridgehead atoms. The minimum absolute atomic E-state index is 0.0317. The minimum Gasteiger partial charge on any atom is -0.382 e. The molecule has 1 saturated heterocycles. The highest BCUT2D eigenvalue weighted by Crippen LogP contribution is 2.31. The van der Waals surface area contributed by atoms with Gasteiger partial charge in [-0.15, -0.1) is 0 Å². The lowest BCUT2D eigenvalue weighted by molar-refractivity contribution is -0.385. The Morgan fingerprint density at radius 3 is 2.40 bits per heavy atom. The fourth-order valence-electron chi connectivity index (χ4n) is 3.60. The Hall–Kier alpha value is -2.49. The van der Waals surface area contributed by atoms with E-state index in [9.17, 15) is 18.5 Å². The molecule has 0 aliphatic carbocycles. The van der Waals surface area contributed by atoms with E-state index in [1.807, 2.05) is 32.3 Å². The van der Waals surface area contributed by atoms with Crippen LogP contribution in [0, 0.1) is 10.1 Å². The number of hydrogen-bond donors (Lipinski definition) is 1. The van der Waals surface area contributed by atoms with Crippen LogP contribution in [0.5, 0.6) is 0 Å². The second kappa shape index (κ2) is 9.55. The minimum atomic E-state index is -3.80. The number of rotatable bonds is 9. The van der Waals surface area contributed by atoms with Crippen molar-refractivity contribution in [3.05, 3.63) is 64.2 Å². The Morgan fingerprint density at radius 1 is 1.13 bits per heavy atom. The van der Waals surface area contributed by atoms with Crippen molar-refractivity contribution in [2.75, 3.05) is 39.0 Å². The second-order valence-electron chi connectivity index (χ2n) is 7.74. The molecule has 2 aromatic rings. The van der Waals surface area contributed by atoms with Crippen molar-refractivity contribution in [2.24, 2.45) is 0 Å². The van der Waals surface area contributed by atoms with E-state index < -0.39 is 14.9 Å². The summed E-state index contributed by atoms with van der Waals surface area (Å²) in [5.74, 6) is 0. The zero-order valence-electron chi connectivity index (χ0n) is 17.3.